The molecule has 4 heteroatoms. The summed E-state index contributed by atoms with van der Waals surface area (Å²) in [5.41, 5.74) is 2.50. The molecule has 20 heavy (non-hydrogen) atoms. The maximum Gasteiger partial charge on any atom is 0.224 e. The van der Waals surface area contributed by atoms with Crippen molar-refractivity contribution >= 4 is 11.8 Å². The Kier molecular flexibility index (Phi) is 5.35. The first kappa shape index (κ1) is 14.3. The second-order valence-corrected chi connectivity index (χ2v) is 4.89. The first-order valence-electron chi connectivity index (χ1n) is 7.14. The topological polar surface area (TPSA) is 49.8 Å². The van der Waals surface area contributed by atoms with E-state index in [-0.39, 0.29) is 0 Å². The highest BCUT2D eigenvalue weighted by Crippen LogP contribution is 2.09. The fourth-order valence-corrected chi connectivity index (χ4v) is 1.94. The molecule has 0 atom stereocenters. The Labute approximate surface area is 120 Å². The summed E-state index contributed by atoms with van der Waals surface area (Å²) in [6.45, 7) is 5.96. The summed E-state index contributed by atoms with van der Waals surface area (Å²) in [5, 5.41) is 6.56. The molecular weight excluding hydrogens is 248 g/mol. The van der Waals surface area contributed by atoms with E-state index in [2.05, 4.69) is 58.7 Å². The average Bonchev–Trinajstić information content (AvgIpc) is 2.46. The van der Waals surface area contributed by atoms with Crippen LogP contribution in [-0.4, -0.2) is 16.5 Å². The summed E-state index contributed by atoms with van der Waals surface area (Å²) in [6.07, 6.45) is 4.10. The van der Waals surface area contributed by atoms with E-state index in [9.17, 15) is 0 Å². The second kappa shape index (κ2) is 7.48. The van der Waals surface area contributed by atoms with Gasteiger partial charge in [0.1, 0.15) is 5.82 Å². The number of aromatic nitrogens is 2. The van der Waals surface area contributed by atoms with Crippen molar-refractivity contribution < 1.29 is 0 Å². The Bertz CT molecular complexity index is 540. The van der Waals surface area contributed by atoms with Crippen LogP contribution >= 0.6 is 0 Å². The number of nitrogens with zero attached hydrogens (tertiary/aromatic N) is 2. The monoisotopic (exact) mass is 270 g/mol. The lowest BCUT2D eigenvalue weighted by molar-refractivity contribution is 0.830. The van der Waals surface area contributed by atoms with Crippen molar-refractivity contribution in [3.8, 4) is 0 Å². The predicted octanol–water partition coefficient (Wildman–Crippen LogP) is 3.61. The number of benzene rings is 1. The molecular formula is C16H22N4. The van der Waals surface area contributed by atoms with Crippen LogP contribution in [0.3, 0.4) is 0 Å². The number of unbranched alkanes of at least 4 members (excludes halogenated alkanes) is 1. The van der Waals surface area contributed by atoms with Gasteiger partial charge in [-0.15, -0.1) is 0 Å². The van der Waals surface area contributed by atoms with Crippen molar-refractivity contribution in [2.24, 2.45) is 0 Å². The van der Waals surface area contributed by atoms with E-state index in [1.807, 2.05) is 6.07 Å². The van der Waals surface area contributed by atoms with Gasteiger partial charge in [-0.25, -0.2) is 4.98 Å². The SMILES string of the molecule is CCCCNc1ccnc(NCc2cccc(C)c2)n1. The van der Waals surface area contributed by atoms with Gasteiger partial charge in [0.05, 0.1) is 0 Å². The summed E-state index contributed by atoms with van der Waals surface area (Å²) >= 11 is 0. The quantitative estimate of drug-likeness (QED) is 0.755. The van der Waals surface area contributed by atoms with Crippen LogP contribution in [0.2, 0.25) is 0 Å². The van der Waals surface area contributed by atoms with Gasteiger partial charge in [-0.05, 0) is 25.0 Å². The van der Waals surface area contributed by atoms with Gasteiger partial charge in [0.15, 0.2) is 0 Å². The van der Waals surface area contributed by atoms with Crippen molar-refractivity contribution in [3.63, 3.8) is 0 Å². The fourth-order valence-electron chi connectivity index (χ4n) is 1.94. The van der Waals surface area contributed by atoms with Crippen LogP contribution in [0.1, 0.15) is 30.9 Å². The van der Waals surface area contributed by atoms with E-state index >= 15 is 0 Å². The minimum atomic E-state index is 0.660. The van der Waals surface area contributed by atoms with Gasteiger partial charge in [-0.3, -0.25) is 0 Å². The van der Waals surface area contributed by atoms with E-state index in [0.29, 0.717) is 5.95 Å². The summed E-state index contributed by atoms with van der Waals surface area (Å²) in [6, 6.07) is 10.3. The summed E-state index contributed by atoms with van der Waals surface area (Å²) < 4.78 is 0. The predicted molar refractivity (Wildman–Crippen MR) is 83.9 cm³/mol. The second-order valence-electron chi connectivity index (χ2n) is 4.89. The van der Waals surface area contributed by atoms with Crippen LogP contribution in [0.4, 0.5) is 11.8 Å². The van der Waals surface area contributed by atoms with Crippen molar-refractivity contribution in [1.82, 2.24) is 9.97 Å². The molecule has 1 heterocycles. The van der Waals surface area contributed by atoms with Crippen molar-refractivity contribution in [2.45, 2.75) is 33.2 Å². The van der Waals surface area contributed by atoms with Gasteiger partial charge >= 0.3 is 0 Å². The first-order chi connectivity index (χ1) is 9.78. The summed E-state index contributed by atoms with van der Waals surface area (Å²) in [4.78, 5) is 8.69. The van der Waals surface area contributed by atoms with Gasteiger partial charge in [-0.2, -0.15) is 4.98 Å². The summed E-state index contributed by atoms with van der Waals surface area (Å²) in [5.74, 6) is 1.54. The third kappa shape index (κ3) is 4.53. The van der Waals surface area contributed by atoms with E-state index in [0.717, 1.165) is 25.3 Å². The molecule has 0 fully saturated rings. The lowest BCUT2D eigenvalue weighted by Crippen LogP contribution is -2.07. The Morgan fingerprint density at radius 1 is 1.15 bits per heavy atom. The third-order valence-electron chi connectivity index (χ3n) is 3.03. The van der Waals surface area contributed by atoms with Crippen LogP contribution in [0.5, 0.6) is 0 Å². The van der Waals surface area contributed by atoms with E-state index in [1.54, 1.807) is 6.20 Å². The van der Waals surface area contributed by atoms with Crippen LogP contribution in [0.25, 0.3) is 0 Å². The molecule has 2 N–H and O–H groups in total. The van der Waals surface area contributed by atoms with Gasteiger partial charge in [0.2, 0.25) is 5.95 Å². The van der Waals surface area contributed by atoms with Crippen LogP contribution in [-0.2, 0) is 6.54 Å². The molecule has 0 bridgehead atoms. The van der Waals surface area contributed by atoms with Crippen LogP contribution in [0.15, 0.2) is 36.5 Å². The van der Waals surface area contributed by atoms with Crippen molar-refractivity contribution in [2.75, 3.05) is 17.2 Å². The number of aryl methyl sites for hydroxylation is 1. The first-order valence-corrected chi connectivity index (χ1v) is 7.14. The lowest BCUT2D eigenvalue weighted by atomic mass is 10.1. The van der Waals surface area contributed by atoms with Crippen LogP contribution in [0, 0.1) is 6.92 Å². The molecule has 1 aromatic carbocycles. The smallest absolute Gasteiger partial charge is 0.224 e. The molecule has 106 valence electrons. The molecule has 0 saturated heterocycles. The average molecular weight is 270 g/mol. The Balaban J connectivity index is 1.91. The Morgan fingerprint density at radius 3 is 2.85 bits per heavy atom. The van der Waals surface area contributed by atoms with Gasteiger partial charge < -0.3 is 10.6 Å². The molecule has 2 aromatic rings. The van der Waals surface area contributed by atoms with Gasteiger partial charge in [-0.1, -0.05) is 43.2 Å². The highest BCUT2D eigenvalue weighted by atomic mass is 15.1. The van der Waals surface area contributed by atoms with Gasteiger partial charge in [0, 0.05) is 19.3 Å². The molecule has 0 radical (unpaired) electrons. The zero-order valence-corrected chi connectivity index (χ0v) is 12.2. The molecule has 0 aliphatic carbocycles. The molecule has 0 aliphatic rings. The zero-order valence-electron chi connectivity index (χ0n) is 12.2. The number of hydrogen-bond donors (Lipinski definition) is 2. The van der Waals surface area contributed by atoms with Crippen molar-refractivity contribution in [3.05, 3.63) is 47.7 Å². The van der Waals surface area contributed by atoms with Gasteiger partial charge in [0.25, 0.3) is 0 Å². The Morgan fingerprint density at radius 2 is 2.05 bits per heavy atom. The standard InChI is InChI=1S/C16H22N4/c1-3-4-9-17-15-8-10-18-16(20-15)19-12-14-7-5-6-13(2)11-14/h5-8,10-11H,3-4,9,12H2,1-2H3,(H2,17,18,19,20). The molecule has 0 unspecified atom stereocenters. The van der Waals surface area contributed by atoms with E-state index in [4.69, 9.17) is 0 Å². The highest BCUT2D eigenvalue weighted by molar-refractivity contribution is 5.40. The molecule has 0 spiro atoms. The highest BCUT2D eigenvalue weighted by Gasteiger charge is 1.99. The number of hydrogen-bond acceptors (Lipinski definition) is 4. The lowest BCUT2D eigenvalue weighted by Gasteiger charge is -2.08. The Hall–Kier alpha value is -2.10. The molecule has 1 aromatic heterocycles. The minimum absolute atomic E-state index is 0.660. The number of nitrogens with one attached hydrogen (secondary N) is 2. The van der Waals surface area contributed by atoms with E-state index in [1.165, 1.54) is 17.5 Å². The third-order valence-corrected chi connectivity index (χ3v) is 3.03. The largest absolute Gasteiger partial charge is 0.370 e. The number of anilines is 2. The maximum absolute atomic E-state index is 4.45. The maximum atomic E-state index is 4.45. The molecule has 2 rings (SSSR count). The number of rotatable bonds is 7. The van der Waals surface area contributed by atoms with Crippen molar-refractivity contribution in [1.29, 1.82) is 0 Å². The summed E-state index contributed by atoms with van der Waals surface area (Å²) in [7, 11) is 0. The molecule has 4 nitrogen and oxygen atoms in total. The molecule has 0 amide bonds. The molecule has 0 saturated carbocycles. The normalized spacial score (nSPS) is 10.3. The van der Waals surface area contributed by atoms with Crippen LogP contribution < -0.4 is 10.6 Å². The zero-order chi connectivity index (χ0) is 14.2. The fraction of sp³-hybridized carbons (Fsp3) is 0.375. The van der Waals surface area contributed by atoms with E-state index < -0.39 is 0 Å². The molecule has 0 aliphatic heterocycles. The minimum Gasteiger partial charge on any atom is -0.370 e.